The van der Waals surface area contributed by atoms with Crippen LogP contribution in [0, 0.1) is 56.5 Å². The van der Waals surface area contributed by atoms with Crippen LogP contribution in [0.3, 0.4) is 0 Å². The fraction of sp³-hybridized carbons (Fsp3) is 1.00. The van der Waals surface area contributed by atoms with Crippen molar-refractivity contribution in [3.05, 3.63) is 10.1 Å². The van der Waals surface area contributed by atoms with Crippen LogP contribution in [-0.2, 0) is 0 Å². The molecule has 184 valence electrons. The summed E-state index contributed by atoms with van der Waals surface area (Å²) < 4.78 is 0. The Kier molecular flexibility index (Phi) is 6.73. The van der Waals surface area contributed by atoms with E-state index in [1.165, 1.54) is 38.5 Å². The molecule has 0 unspecified atom stereocenters. The molecule has 1 N–H and O–H groups in total. The lowest BCUT2D eigenvalue weighted by atomic mass is 9.43. The van der Waals surface area contributed by atoms with Crippen molar-refractivity contribution in [2.45, 2.75) is 122 Å². The van der Waals surface area contributed by atoms with Crippen LogP contribution in [-0.4, -0.2) is 27.0 Å². The van der Waals surface area contributed by atoms with Gasteiger partial charge in [-0.25, -0.2) is 0 Å². The third kappa shape index (κ3) is 3.74. The fourth-order valence-corrected chi connectivity index (χ4v) is 10.1. The van der Waals surface area contributed by atoms with E-state index in [2.05, 4.69) is 34.6 Å². The summed E-state index contributed by atoms with van der Waals surface area (Å²) >= 11 is 7.23. The minimum absolute atomic E-state index is 0.0908. The van der Waals surface area contributed by atoms with E-state index < -0.39 is 17.0 Å². The molecular weight excluding hydrogens is 422 g/mol. The molecule has 4 aliphatic carbocycles. The van der Waals surface area contributed by atoms with Crippen LogP contribution >= 0.6 is 11.6 Å². The molecule has 4 aliphatic rings. The van der Waals surface area contributed by atoms with Crippen LogP contribution in [0.1, 0.15) is 105 Å². The highest BCUT2D eigenvalue weighted by atomic mass is 35.5. The molecule has 10 atom stereocenters. The predicted molar refractivity (Wildman–Crippen MR) is 130 cm³/mol. The minimum Gasteiger partial charge on any atom is -0.393 e. The SMILES string of the molecule is CC(C)CCC[C@@H](C)[C@@H]1CC[C@@H]2[C@@H]3C[C@H]([N+](=O)[O-])[C@@]4(Cl)C[C@H](O)CC[C@]4(C)[C@@H]3CC[C@]21C. The first kappa shape index (κ1) is 24.8. The first-order valence-electron chi connectivity index (χ1n) is 13.4. The van der Waals surface area contributed by atoms with Crippen molar-refractivity contribution in [3.8, 4) is 0 Å². The number of aliphatic hydroxyl groups is 1. The molecule has 0 aromatic heterocycles. The summed E-state index contributed by atoms with van der Waals surface area (Å²) in [5.74, 6) is 3.71. The second-order valence-corrected chi connectivity index (χ2v) is 13.8. The molecule has 0 spiro atoms. The van der Waals surface area contributed by atoms with E-state index in [0.29, 0.717) is 36.0 Å². The quantitative estimate of drug-likeness (QED) is 0.257. The number of fused-ring (bicyclic) bond motifs is 5. The molecule has 0 aromatic rings. The number of rotatable bonds is 6. The standard InChI is InChI=1S/C27H46ClNO3/c1-17(2)7-6-8-18(3)21-9-10-22-20-15-24(29(31)32)27(28)16-19(30)11-14-26(27,5)23(20)12-13-25(21,22)4/h17-24,30H,6-16H2,1-5H3/t18-,19-,20+,21+,22-,23-,24+,25+,26-,27+/m1/s1. The second kappa shape index (κ2) is 8.70. The van der Waals surface area contributed by atoms with Crippen molar-refractivity contribution in [3.63, 3.8) is 0 Å². The van der Waals surface area contributed by atoms with Gasteiger partial charge >= 0.3 is 0 Å². The Balaban J connectivity index is 1.59. The molecule has 0 amide bonds. The maximum atomic E-state index is 12.3. The number of aliphatic hydroxyl groups excluding tert-OH is 1. The van der Waals surface area contributed by atoms with Gasteiger partial charge in [0.25, 0.3) is 0 Å². The summed E-state index contributed by atoms with van der Waals surface area (Å²) in [6.45, 7) is 11.9. The molecule has 0 aliphatic heterocycles. The highest BCUT2D eigenvalue weighted by Gasteiger charge is 2.70. The van der Waals surface area contributed by atoms with Gasteiger partial charge in [-0.2, -0.15) is 0 Å². The zero-order valence-electron chi connectivity index (χ0n) is 21.0. The molecule has 4 rings (SSSR count). The van der Waals surface area contributed by atoms with Crippen molar-refractivity contribution in [1.82, 2.24) is 0 Å². The molecule has 4 saturated carbocycles. The monoisotopic (exact) mass is 467 g/mol. The van der Waals surface area contributed by atoms with E-state index in [1.54, 1.807) is 0 Å². The van der Waals surface area contributed by atoms with Crippen molar-refractivity contribution < 1.29 is 10.0 Å². The zero-order chi connectivity index (χ0) is 23.5. The summed E-state index contributed by atoms with van der Waals surface area (Å²) in [4.78, 5) is 11.3. The van der Waals surface area contributed by atoms with Gasteiger partial charge in [-0.15, -0.1) is 11.6 Å². The lowest BCUT2D eigenvalue weighted by molar-refractivity contribution is -0.543. The lowest BCUT2D eigenvalue weighted by Crippen LogP contribution is -2.67. The summed E-state index contributed by atoms with van der Waals surface area (Å²) in [5, 5.41) is 22.7. The van der Waals surface area contributed by atoms with Gasteiger partial charge in [-0.05, 0) is 91.3 Å². The summed E-state index contributed by atoms with van der Waals surface area (Å²) in [5.41, 5.74) is 0.0627. The van der Waals surface area contributed by atoms with Crippen LogP contribution < -0.4 is 0 Å². The van der Waals surface area contributed by atoms with Crippen molar-refractivity contribution >= 4 is 11.6 Å². The average molecular weight is 468 g/mol. The molecule has 32 heavy (non-hydrogen) atoms. The summed E-state index contributed by atoms with van der Waals surface area (Å²) in [7, 11) is 0. The minimum atomic E-state index is -0.911. The maximum Gasteiger partial charge on any atom is 0.232 e. The third-order valence-electron chi connectivity index (χ3n) is 11.2. The molecule has 0 saturated heterocycles. The maximum absolute atomic E-state index is 12.3. The van der Waals surface area contributed by atoms with Gasteiger partial charge in [0.05, 0.1) is 6.10 Å². The highest BCUT2D eigenvalue weighted by Crippen LogP contribution is 2.70. The van der Waals surface area contributed by atoms with Crippen molar-refractivity contribution in [2.24, 2.45) is 46.3 Å². The summed E-state index contributed by atoms with van der Waals surface area (Å²) in [6, 6.07) is -0.741. The molecular formula is C27H46ClNO3. The van der Waals surface area contributed by atoms with Crippen LogP contribution in [0.4, 0.5) is 0 Å². The normalized spacial score (nSPS) is 49.2. The van der Waals surface area contributed by atoms with Crippen LogP contribution in [0.25, 0.3) is 0 Å². The van der Waals surface area contributed by atoms with E-state index in [1.807, 2.05) is 0 Å². The van der Waals surface area contributed by atoms with E-state index >= 15 is 0 Å². The predicted octanol–water partition coefficient (Wildman–Crippen LogP) is 7.09. The van der Waals surface area contributed by atoms with Crippen molar-refractivity contribution in [1.29, 1.82) is 0 Å². The average Bonchev–Trinajstić information content (AvgIpc) is 3.05. The Hall–Kier alpha value is -0.350. The molecule has 5 heteroatoms. The van der Waals surface area contributed by atoms with Crippen LogP contribution in [0.2, 0.25) is 0 Å². The first-order valence-corrected chi connectivity index (χ1v) is 13.8. The fourth-order valence-electron chi connectivity index (χ4n) is 9.49. The van der Waals surface area contributed by atoms with Gasteiger partial charge in [-0.1, -0.05) is 53.9 Å². The van der Waals surface area contributed by atoms with E-state index in [-0.39, 0.29) is 10.3 Å². The Labute approximate surface area is 200 Å². The Bertz CT molecular complexity index is 715. The Morgan fingerprint density at radius 2 is 1.78 bits per heavy atom. The highest BCUT2D eigenvalue weighted by molar-refractivity contribution is 6.25. The van der Waals surface area contributed by atoms with Crippen LogP contribution in [0.15, 0.2) is 0 Å². The number of hydrogen-bond acceptors (Lipinski definition) is 3. The van der Waals surface area contributed by atoms with Crippen molar-refractivity contribution in [2.75, 3.05) is 0 Å². The Morgan fingerprint density at radius 1 is 1.06 bits per heavy atom. The summed E-state index contributed by atoms with van der Waals surface area (Å²) in [6.07, 6.45) is 10.9. The second-order valence-electron chi connectivity index (χ2n) is 13.1. The van der Waals surface area contributed by atoms with Crippen LogP contribution in [0.5, 0.6) is 0 Å². The molecule has 4 fully saturated rings. The van der Waals surface area contributed by atoms with E-state index in [4.69, 9.17) is 11.6 Å². The smallest absolute Gasteiger partial charge is 0.232 e. The molecule has 0 aromatic carbocycles. The lowest BCUT2D eigenvalue weighted by Gasteiger charge is -2.63. The van der Waals surface area contributed by atoms with Gasteiger partial charge in [0.15, 0.2) is 0 Å². The van der Waals surface area contributed by atoms with Gasteiger partial charge in [0.1, 0.15) is 4.87 Å². The first-order chi connectivity index (χ1) is 14.9. The third-order valence-corrected chi connectivity index (χ3v) is 12.1. The number of hydrogen-bond donors (Lipinski definition) is 1. The van der Waals surface area contributed by atoms with Gasteiger partial charge in [0.2, 0.25) is 6.04 Å². The largest absolute Gasteiger partial charge is 0.393 e. The number of alkyl halides is 1. The topological polar surface area (TPSA) is 63.4 Å². The van der Waals surface area contributed by atoms with Gasteiger partial charge in [0, 0.05) is 11.3 Å². The van der Waals surface area contributed by atoms with E-state index in [9.17, 15) is 15.2 Å². The van der Waals surface area contributed by atoms with Gasteiger partial charge < -0.3 is 5.11 Å². The number of nitrogens with zero attached hydrogens (tertiary/aromatic N) is 1. The Morgan fingerprint density at radius 3 is 2.44 bits per heavy atom. The zero-order valence-corrected chi connectivity index (χ0v) is 21.7. The number of nitro groups is 1. The molecule has 4 nitrogen and oxygen atoms in total. The van der Waals surface area contributed by atoms with Gasteiger partial charge in [-0.3, -0.25) is 10.1 Å². The molecule has 0 heterocycles. The molecule has 0 bridgehead atoms. The molecule has 0 radical (unpaired) electrons. The van der Waals surface area contributed by atoms with E-state index in [0.717, 1.165) is 37.0 Å². The number of halogens is 1.